The smallest absolute Gasteiger partial charge is 0.0561 e. The largest absolute Gasteiger partial charge is 0.310 e. The highest BCUT2D eigenvalue weighted by atomic mass is 15.2. The molecule has 9 aromatic carbocycles. The number of nitrogens with zero attached hydrogens (tertiary/aromatic N) is 3. The Morgan fingerprint density at radius 1 is 0.236 bits per heavy atom. The fourth-order valence-corrected chi connectivity index (χ4v) is 8.46. The molecule has 0 aliphatic carbocycles. The Morgan fingerprint density at radius 2 is 0.673 bits per heavy atom. The zero-order chi connectivity index (χ0) is 36.3. The molecule has 0 radical (unpaired) electrons. The van der Waals surface area contributed by atoms with Gasteiger partial charge in [-0.15, -0.1) is 0 Å². The molecule has 258 valence electrons. The van der Waals surface area contributed by atoms with E-state index in [1.165, 1.54) is 32.6 Å². The normalized spacial score (nSPS) is 12.3. The van der Waals surface area contributed by atoms with Crippen LogP contribution in [0.5, 0.6) is 0 Å². The zero-order valence-corrected chi connectivity index (χ0v) is 30.0. The van der Waals surface area contributed by atoms with E-state index < -0.39 is 0 Å². The van der Waals surface area contributed by atoms with Gasteiger partial charge >= 0.3 is 0 Å². The summed E-state index contributed by atoms with van der Waals surface area (Å²) in [5.74, 6) is 0. The molecular formula is C52H35N3. The van der Waals surface area contributed by atoms with E-state index in [-0.39, 0.29) is 0 Å². The van der Waals surface area contributed by atoms with Gasteiger partial charge in [0.05, 0.1) is 11.0 Å². The topological polar surface area (TPSA) is 11.4 Å². The predicted molar refractivity (Wildman–Crippen MR) is 232 cm³/mol. The van der Waals surface area contributed by atoms with Crippen molar-refractivity contribution in [3.8, 4) is 27.9 Å². The van der Waals surface area contributed by atoms with Crippen molar-refractivity contribution in [3.05, 3.63) is 212 Å². The highest BCUT2D eigenvalue weighted by molar-refractivity contribution is 6.10. The van der Waals surface area contributed by atoms with Crippen LogP contribution in [0, 0.1) is 0 Å². The van der Waals surface area contributed by atoms with Gasteiger partial charge in [0.25, 0.3) is 0 Å². The number of anilines is 6. The summed E-state index contributed by atoms with van der Waals surface area (Å²) in [6.45, 7) is 0. The third-order valence-electron chi connectivity index (χ3n) is 11.0. The van der Waals surface area contributed by atoms with Gasteiger partial charge in [-0.1, -0.05) is 121 Å². The van der Waals surface area contributed by atoms with Crippen LogP contribution in [0.4, 0.5) is 34.1 Å². The summed E-state index contributed by atoms with van der Waals surface area (Å²) in [4.78, 5) is 4.78. The average molecular weight is 702 g/mol. The second-order valence-corrected chi connectivity index (χ2v) is 14.3. The standard InChI is InChI=1S/C52H35N3/c1-2-18-42(19-3-1)55-51-25-7-6-24-49(51)50-29-28-48(35-52(50)55)54-45-22-10-16-40(33-45)38-14-8-20-43(31-38)53(47-27-26-36-12-4-5-13-37(36)30-47)44-21-9-15-39(32-44)41-17-11-23-46(54)34-41/h1-35H. The lowest BCUT2D eigenvalue weighted by Gasteiger charge is -2.29. The monoisotopic (exact) mass is 701 g/mol. The molecule has 3 heteroatoms. The van der Waals surface area contributed by atoms with E-state index in [2.05, 4.69) is 227 Å². The Labute approximate surface area is 320 Å². The van der Waals surface area contributed by atoms with Gasteiger partial charge in [-0.05, 0) is 124 Å². The van der Waals surface area contributed by atoms with Gasteiger partial charge in [0.1, 0.15) is 0 Å². The summed E-state index contributed by atoms with van der Waals surface area (Å²) in [6, 6.07) is 77.5. The van der Waals surface area contributed by atoms with Gasteiger partial charge in [0.15, 0.2) is 0 Å². The lowest BCUT2D eigenvalue weighted by atomic mass is 10.00. The molecule has 55 heavy (non-hydrogen) atoms. The number of fused-ring (bicyclic) bond motifs is 14. The maximum absolute atomic E-state index is 2.40. The lowest BCUT2D eigenvalue weighted by Crippen LogP contribution is -2.11. The minimum atomic E-state index is 1.10. The van der Waals surface area contributed by atoms with E-state index in [4.69, 9.17) is 0 Å². The summed E-state index contributed by atoms with van der Waals surface area (Å²) in [5.41, 5.74) is 14.8. The number of hydrogen-bond acceptors (Lipinski definition) is 2. The molecular weight excluding hydrogens is 667 g/mol. The molecule has 0 saturated carbocycles. The highest BCUT2D eigenvalue weighted by Crippen LogP contribution is 2.44. The number of para-hydroxylation sites is 2. The van der Waals surface area contributed by atoms with Gasteiger partial charge in [-0.3, -0.25) is 0 Å². The summed E-state index contributed by atoms with van der Waals surface area (Å²) in [5, 5.41) is 4.93. The van der Waals surface area contributed by atoms with E-state index in [0.717, 1.165) is 62.1 Å². The molecule has 0 amide bonds. The van der Waals surface area contributed by atoms with Gasteiger partial charge in [-0.25, -0.2) is 0 Å². The Kier molecular flexibility index (Phi) is 7.17. The van der Waals surface area contributed by atoms with Crippen LogP contribution in [0.25, 0.3) is 60.5 Å². The minimum absolute atomic E-state index is 1.10. The summed E-state index contributed by atoms with van der Waals surface area (Å²) >= 11 is 0. The van der Waals surface area contributed by atoms with Crippen LogP contribution in [-0.2, 0) is 0 Å². The maximum Gasteiger partial charge on any atom is 0.0561 e. The predicted octanol–water partition coefficient (Wildman–Crippen LogP) is 14.5. The van der Waals surface area contributed by atoms with Crippen LogP contribution in [0.15, 0.2) is 212 Å². The first-order valence-corrected chi connectivity index (χ1v) is 18.8. The number of benzene rings is 9. The van der Waals surface area contributed by atoms with Crippen molar-refractivity contribution >= 4 is 66.7 Å². The first kappa shape index (κ1) is 31.2. The van der Waals surface area contributed by atoms with Crippen molar-refractivity contribution in [1.29, 1.82) is 0 Å². The molecule has 1 aliphatic heterocycles. The third-order valence-corrected chi connectivity index (χ3v) is 11.0. The first-order valence-electron chi connectivity index (χ1n) is 18.8. The van der Waals surface area contributed by atoms with Crippen LogP contribution in [-0.4, -0.2) is 4.57 Å². The van der Waals surface area contributed by atoms with E-state index >= 15 is 0 Å². The van der Waals surface area contributed by atoms with Gasteiger partial charge in [-0.2, -0.15) is 0 Å². The van der Waals surface area contributed by atoms with Crippen molar-refractivity contribution in [2.24, 2.45) is 0 Å². The molecule has 8 bridgehead atoms. The number of aromatic nitrogens is 1. The zero-order valence-electron chi connectivity index (χ0n) is 30.0. The fourth-order valence-electron chi connectivity index (χ4n) is 8.46. The van der Waals surface area contributed by atoms with E-state index in [0.29, 0.717) is 0 Å². The Balaban J connectivity index is 1.14. The molecule has 10 aromatic rings. The molecule has 0 unspecified atom stereocenters. The lowest BCUT2D eigenvalue weighted by molar-refractivity contribution is 1.18. The number of rotatable bonds is 3. The van der Waals surface area contributed by atoms with Gasteiger partial charge in [0, 0.05) is 50.6 Å². The molecule has 2 heterocycles. The molecule has 0 fully saturated rings. The van der Waals surface area contributed by atoms with Crippen molar-refractivity contribution < 1.29 is 0 Å². The number of hydrogen-bond donors (Lipinski definition) is 0. The van der Waals surface area contributed by atoms with Crippen molar-refractivity contribution in [1.82, 2.24) is 4.57 Å². The molecule has 1 aromatic heterocycles. The quantitative estimate of drug-likeness (QED) is 0.182. The summed E-state index contributed by atoms with van der Waals surface area (Å²) in [6.07, 6.45) is 0. The Bertz CT molecular complexity index is 2980. The van der Waals surface area contributed by atoms with E-state index in [1.54, 1.807) is 0 Å². The maximum atomic E-state index is 2.40. The minimum Gasteiger partial charge on any atom is -0.310 e. The molecule has 0 saturated heterocycles. The van der Waals surface area contributed by atoms with Crippen molar-refractivity contribution in [2.45, 2.75) is 0 Å². The Hall–Kier alpha value is -7.36. The van der Waals surface area contributed by atoms with Crippen LogP contribution in [0.3, 0.4) is 0 Å². The molecule has 1 aliphatic rings. The first-order chi connectivity index (χ1) is 27.2. The molecule has 0 spiro atoms. The summed E-state index contributed by atoms with van der Waals surface area (Å²) in [7, 11) is 0. The Morgan fingerprint density at radius 3 is 1.27 bits per heavy atom. The second-order valence-electron chi connectivity index (χ2n) is 14.3. The van der Waals surface area contributed by atoms with Gasteiger partial charge in [0.2, 0.25) is 0 Å². The van der Waals surface area contributed by atoms with Crippen molar-refractivity contribution in [3.63, 3.8) is 0 Å². The molecule has 0 atom stereocenters. The SMILES string of the molecule is c1ccc(-n2c3ccccc3c3ccc(N4c5cccc(c5)-c5cccc(c5)N(c5ccc6ccccc6c5)c5cccc(c5)-c5cccc4c5)cc32)cc1. The van der Waals surface area contributed by atoms with Crippen LogP contribution in [0.1, 0.15) is 0 Å². The molecule has 11 rings (SSSR count). The van der Waals surface area contributed by atoms with Crippen LogP contribution in [0.2, 0.25) is 0 Å². The van der Waals surface area contributed by atoms with Gasteiger partial charge < -0.3 is 14.4 Å². The molecule has 3 nitrogen and oxygen atoms in total. The fraction of sp³-hybridized carbons (Fsp3) is 0. The van der Waals surface area contributed by atoms with E-state index in [1.807, 2.05) is 0 Å². The van der Waals surface area contributed by atoms with Crippen molar-refractivity contribution in [2.75, 3.05) is 9.80 Å². The molecule has 0 N–H and O–H groups in total. The van der Waals surface area contributed by atoms with E-state index in [9.17, 15) is 0 Å². The summed E-state index contributed by atoms with van der Waals surface area (Å²) < 4.78 is 2.39. The van der Waals surface area contributed by atoms with Crippen LogP contribution < -0.4 is 9.80 Å². The van der Waals surface area contributed by atoms with Crippen LogP contribution >= 0.6 is 0 Å². The second kappa shape index (κ2) is 12.6. The average Bonchev–Trinajstić information content (AvgIpc) is 3.58. The highest BCUT2D eigenvalue weighted by Gasteiger charge is 2.20. The third kappa shape index (κ3) is 5.28.